The molecule has 7 heteroatoms. The van der Waals surface area contributed by atoms with Gasteiger partial charge in [0.15, 0.2) is 11.6 Å². The second-order valence-corrected chi connectivity index (χ2v) is 8.92. The van der Waals surface area contributed by atoms with Crippen LogP contribution in [-0.2, 0) is 16.0 Å². The van der Waals surface area contributed by atoms with Gasteiger partial charge < -0.3 is 19.5 Å². The highest BCUT2D eigenvalue weighted by atomic mass is 35.5. The van der Waals surface area contributed by atoms with Crippen molar-refractivity contribution in [2.75, 3.05) is 13.7 Å². The minimum absolute atomic E-state index is 0.0539. The molecule has 6 rings (SSSR count). The predicted octanol–water partition coefficient (Wildman–Crippen LogP) is 5.70. The van der Waals surface area contributed by atoms with Crippen molar-refractivity contribution in [2.45, 2.75) is 25.2 Å². The molecule has 2 bridgehead atoms. The molecule has 0 saturated carbocycles. The number of carbonyl (C=O) groups excluding carboxylic acids is 1. The molecule has 0 aromatic heterocycles. The number of rotatable bonds is 5. The highest BCUT2D eigenvalue weighted by Gasteiger charge is 2.43. The number of fused-ring (bicyclic) bond motifs is 8. The molecule has 1 amide bonds. The maximum absolute atomic E-state index is 14.6. The second kappa shape index (κ2) is 8.15. The number of methoxy groups -OCH3 is 1. The molecule has 0 spiro atoms. The molecular formula is C27H21ClFNO4. The Morgan fingerprint density at radius 1 is 1.09 bits per heavy atom. The highest BCUT2D eigenvalue weighted by Crippen LogP contribution is 2.54. The van der Waals surface area contributed by atoms with E-state index in [1.54, 1.807) is 12.1 Å². The molecule has 0 aliphatic carbocycles. The van der Waals surface area contributed by atoms with Crippen LogP contribution in [0.15, 0.2) is 54.6 Å². The van der Waals surface area contributed by atoms with Crippen LogP contribution >= 0.6 is 11.6 Å². The van der Waals surface area contributed by atoms with Crippen molar-refractivity contribution in [1.82, 2.24) is 5.32 Å². The Bertz CT molecular complexity index is 1370. The molecule has 0 fully saturated rings. The maximum atomic E-state index is 14.6. The number of ether oxygens (including phenoxy) is 3. The van der Waals surface area contributed by atoms with E-state index in [1.807, 2.05) is 12.1 Å². The number of hydrogen-bond donors (Lipinski definition) is 1. The maximum Gasteiger partial charge on any atom is 0.251 e. The topological polar surface area (TPSA) is 56.8 Å². The minimum atomic E-state index is -0.580. The first-order valence-corrected chi connectivity index (χ1v) is 11.5. The van der Waals surface area contributed by atoms with Crippen LogP contribution < -0.4 is 10.1 Å². The average Bonchev–Trinajstić information content (AvgIpc) is 3.59. The van der Waals surface area contributed by atoms with Gasteiger partial charge in [0.25, 0.3) is 5.91 Å². The lowest BCUT2D eigenvalue weighted by Crippen LogP contribution is -2.24. The molecule has 1 N–H and O–H groups in total. The highest BCUT2D eigenvalue weighted by molar-refractivity contribution is 6.31. The van der Waals surface area contributed by atoms with Crippen LogP contribution in [0.1, 0.15) is 62.4 Å². The number of carbonyl (C=O) groups is 1. The summed E-state index contributed by atoms with van der Waals surface area (Å²) < 4.78 is 31.6. The van der Waals surface area contributed by atoms with E-state index in [2.05, 4.69) is 29.6 Å². The quantitative estimate of drug-likeness (QED) is 0.512. The number of nitrogens with one attached hydrogen (secondary N) is 1. The van der Waals surface area contributed by atoms with Gasteiger partial charge in [0.05, 0.1) is 13.7 Å². The SMILES string of the molecule is COc1ccc(Cl)c(CNC(=O)c2ccc3c(c2)C2OC3c3ccc(C4=CCCO4)cc32)c1F. The molecule has 3 aromatic rings. The van der Waals surface area contributed by atoms with Crippen molar-refractivity contribution in [1.29, 1.82) is 0 Å². The third kappa shape index (κ3) is 3.29. The lowest BCUT2D eigenvalue weighted by Gasteiger charge is -2.18. The van der Waals surface area contributed by atoms with E-state index >= 15 is 0 Å². The fourth-order valence-electron chi connectivity index (χ4n) is 4.93. The monoisotopic (exact) mass is 477 g/mol. The van der Waals surface area contributed by atoms with Crippen LogP contribution in [0.3, 0.4) is 0 Å². The second-order valence-electron chi connectivity index (χ2n) is 8.51. The Balaban J connectivity index is 1.25. The normalized spacial score (nSPS) is 19.3. The first-order valence-electron chi connectivity index (χ1n) is 11.1. The molecule has 172 valence electrons. The summed E-state index contributed by atoms with van der Waals surface area (Å²) in [6, 6.07) is 14.9. The van der Waals surface area contributed by atoms with Gasteiger partial charge in [-0.15, -0.1) is 0 Å². The summed E-state index contributed by atoms with van der Waals surface area (Å²) in [5.74, 6) is 0.0876. The zero-order valence-electron chi connectivity index (χ0n) is 18.4. The molecule has 3 aliphatic rings. The van der Waals surface area contributed by atoms with Crippen molar-refractivity contribution in [3.05, 3.63) is 104 Å². The van der Waals surface area contributed by atoms with Gasteiger partial charge in [-0.2, -0.15) is 0 Å². The van der Waals surface area contributed by atoms with Gasteiger partial charge in [-0.05, 0) is 58.7 Å². The van der Waals surface area contributed by atoms with Gasteiger partial charge in [0.1, 0.15) is 18.0 Å². The molecule has 5 nitrogen and oxygen atoms in total. The molecule has 34 heavy (non-hydrogen) atoms. The number of amides is 1. The first-order chi connectivity index (χ1) is 16.5. The van der Waals surface area contributed by atoms with Gasteiger partial charge in [-0.3, -0.25) is 4.79 Å². The van der Waals surface area contributed by atoms with Gasteiger partial charge in [-0.25, -0.2) is 4.39 Å². The molecule has 3 heterocycles. The smallest absolute Gasteiger partial charge is 0.251 e. The van der Waals surface area contributed by atoms with E-state index in [0.717, 1.165) is 40.0 Å². The predicted molar refractivity (Wildman–Crippen MR) is 125 cm³/mol. The van der Waals surface area contributed by atoms with Crippen molar-refractivity contribution in [3.8, 4) is 5.75 Å². The van der Waals surface area contributed by atoms with E-state index in [1.165, 1.54) is 13.2 Å². The Morgan fingerprint density at radius 2 is 1.85 bits per heavy atom. The van der Waals surface area contributed by atoms with Crippen LogP contribution in [0.4, 0.5) is 4.39 Å². The fourth-order valence-corrected chi connectivity index (χ4v) is 5.14. The van der Waals surface area contributed by atoms with E-state index in [9.17, 15) is 9.18 Å². The van der Waals surface area contributed by atoms with E-state index in [0.29, 0.717) is 12.2 Å². The Hall–Kier alpha value is -3.35. The molecule has 2 atom stereocenters. The third-order valence-corrected chi connectivity index (χ3v) is 6.98. The van der Waals surface area contributed by atoms with Crippen molar-refractivity contribution < 1.29 is 23.4 Å². The number of benzene rings is 3. The van der Waals surface area contributed by atoms with Crippen LogP contribution in [0.2, 0.25) is 5.02 Å². The lowest BCUT2D eigenvalue weighted by molar-refractivity contribution is 0.0857. The number of halogens is 2. The van der Waals surface area contributed by atoms with Crippen molar-refractivity contribution >= 4 is 23.3 Å². The van der Waals surface area contributed by atoms with Crippen LogP contribution in [0, 0.1) is 5.82 Å². The molecule has 3 aliphatic heterocycles. The van der Waals surface area contributed by atoms with E-state index < -0.39 is 5.82 Å². The van der Waals surface area contributed by atoms with Gasteiger partial charge in [0, 0.05) is 34.7 Å². The molecule has 0 saturated heterocycles. The summed E-state index contributed by atoms with van der Waals surface area (Å²) in [6.45, 7) is 0.656. The third-order valence-electron chi connectivity index (χ3n) is 6.62. The Morgan fingerprint density at radius 3 is 2.62 bits per heavy atom. The van der Waals surface area contributed by atoms with Crippen LogP contribution in [-0.4, -0.2) is 19.6 Å². The summed E-state index contributed by atoms with van der Waals surface area (Å²) in [6.07, 6.45) is 2.66. The molecule has 0 radical (unpaired) electrons. The van der Waals surface area contributed by atoms with Crippen LogP contribution in [0.25, 0.3) is 5.76 Å². The Kier molecular flexibility index (Phi) is 5.08. The zero-order chi connectivity index (χ0) is 23.4. The zero-order valence-corrected chi connectivity index (χ0v) is 19.1. The molecular weight excluding hydrogens is 457 g/mol. The fraction of sp³-hybridized carbons (Fsp3) is 0.222. The standard InChI is InChI=1S/C27H21ClFNO4/c1-32-23-9-8-21(28)20(24(23)29)13-30-27(31)15-5-7-17-19(12-15)26-18-11-14(22-3-2-10-33-22)4-6-16(18)25(17)34-26/h3-9,11-12,25-26H,2,10,13H2,1H3,(H,30,31). The van der Waals surface area contributed by atoms with Gasteiger partial charge in [-0.1, -0.05) is 29.8 Å². The first kappa shape index (κ1) is 21.2. The van der Waals surface area contributed by atoms with Crippen molar-refractivity contribution in [3.63, 3.8) is 0 Å². The number of hydrogen-bond acceptors (Lipinski definition) is 4. The minimum Gasteiger partial charge on any atom is -0.494 e. The summed E-state index contributed by atoms with van der Waals surface area (Å²) in [5, 5.41) is 2.99. The van der Waals surface area contributed by atoms with E-state index in [4.69, 9.17) is 25.8 Å². The van der Waals surface area contributed by atoms with E-state index in [-0.39, 0.29) is 41.0 Å². The Labute approximate surface area is 201 Å². The summed E-state index contributed by atoms with van der Waals surface area (Å²) in [7, 11) is 1.38. The summed E-state index contributed by atoms with van der Waals surface area (Å²) in [4.78, 5) is 12.9. The van der Waals surface area contributed by atoms with Gasteiger partial charge in [0.2, 0.25) is 0 Å². The average molecular weight is 478 g/mol. The largest absolute Gasteiger partial charge is 0.494 e. The molecule has 3 aromatic carbocycles. The van der Waals surface area contributed by atoms with Gasteiger partial charge >= 0.3 is 0 Å². The van der Waals surface area contributed by atoms with Crippen molar-refractivity contribution in [2.24, 2.45) is 0 Å². The lowest BCUT2D eigenvalue weighted by atomic mass is 9.84. The summed E-state index contributed by atoms with van der Waals surface area (Å²) in [5.41, 5.74) is 6.01. The molecule has 2 unspecified atom stereocenters. The van der Waals surface area contributed by atoms with Crippen LogP contribution in [0.5, 0.6) is 5.75 Å². The summed E-state index contributed by atoms with van der Waals surface area (Å²) >= 11 is 6.14.